The largest absolute Gasteiger partial charge is 0.376 e. The Bertz CT molecular complexity index is 701. The van der Waals surface area contributed by atoms with Gasteiger partial charge in [0, 0.05) is 12.8 Å². The molecule has 0 bridgehead atoms. The molecule has 1 fully saturated rings. The maximum atomic E-state index is 13.0. The molecule has 0 radical (unpaired) electrons. The first-order valence-corrected chi connectivity index (χ1v) is 7.65. The van der Waals surface area contributed by atoms with E-state index in [9.17, 15) is 9.18 Å². The maximum Gasteiger partial charge on any atom is 0.323 e. The molecule has 1 saturated heterocycles. The summed E-state index contributed by atoms with van der Waals surface area (Å²) >= 11 is 5.86. The van der Waals surface area contributed by atoms with Gasteiger partial charge in [-0.25, -0.2) is 9.18 Å². The van der Waals surface area contributed by atoms with Crippen LogP contribution in [-0.2, 0) is 11.3 Å². The highest BCUT2D eigenvalue weighted by atomic mass is 35.5. The van der Waals surface area contributed by atoms with E-state index in [2.05, 4.69) is 15.7 Å². The number of nitrogens with zero attached hydrogens (tertiary/aromatic N) is 2. The molecular weight excluding hydrogens is 323 g/mol. The smallest absolute Gasteiger partial charge is 0.323 e. The van der Waals surface area contributed by atoms with Gasteiger partial charge in [0.25, 0.3) is 0 Å². The van der Waals surface area contributed by atoms with Crippen LogP contribution in [0.2, 0.25) is 5.02 Å². The molecule has 8 heteroatoms. The minimum Gasteiger partial charge on any atom is -0.376 e. The number of hydrogen-bond donors (Lipinski definition) is 2. The lowest BCUT2D eigenvalue weighted by Gasteiger charge is -2.09. The molecular formula is C15H16ClFN4O2. The number of ether oxygens (including phenoxy) is 1. The second-order valence-electron chi connectivity index (χ2n) is 5.29. The van der Waals surface area contributed by atoms with E-state index in [-0.39, 0.29) is 11.1 Å². The first kappa shape index (κ1) is 15.8. The lowest BCUT2D eigenvalue weighted by molar-refractivity contribution is 0.0940. The number of anilines is 2. The van der Waals surface area contributed by atoms with Gasteiger partial charge in [0.05, 0.1) is 35.2 Å². The Balaban J connectivity index is 1.56. The van der Waals surface area contributed by atoms with E-state index in [1.165, 1.54) is 12.1 Å². The van der Waals surface area contributed by atoms with Crippen LogP contribution in [0.1, 0.15) is 12.8 Å². The summed E-state index contributed by atoms with van der Waals surface area (Å²) in [6.07, 6.45) is 5.55. The third-order valence-electron chi connectivity index (χ3n) is 3.49. The molecule has 0 spiro atoms. The fraction of sp³-hybridized carbons (Fsp3) is 0.333. The minimum absolute atomic E-state index is 0.134. The first-order chi connectivity index (χ1) is 11.1. The lowest BCUT2D eigenvalue weighted by atomic mass is 10.2. The van der Waals surface area contributed by atoms with Crippen LogP contribution in [0.4, 0.5) is 20.6 Å². The van der Waals surface area contributed by atoms with Gasteiger partial charge in [-0.05, 0) is 31.0 Å². The maximum absolute atomic E-state index is 13.0. The van der Waals surface area contributed by atoms with Crippen LogP contribution in [0.15, 0.2) is 30.6 Å². The van der Waals surface area contributed by atoms with E-state index >= 15 is 0 Å². The van der Waals surface area contributed by atoms with E-state index in [0.29, 0.717) is 17.9 Å². The zero-order valence-corrected chi connectivity index (χ0v) is 13.0. The van der Waals surface area contributed by atoms with Gasteiger partial charge in [-0.15, -0.1) is 0 Å². The SMILES string of the molecule is O=C(Nc1cnn(CC2CCCO2)c1)Nc1ccc(F)cc1Cl. The molecule has 2 N–H and O–H groups in total. The van der Waals surface area contributed by atoms with Crippen molar-refractivity contribution in [1.29, 1.82) is 0 Å². The van der Waals surface area contributed by atoms with Gasteiger partial charge < -0.3 is 15.4 Å². The number of urea groups is 1. The van der Waals surface area contributed by atoms with Gasteiger partial charge in [0.2, 0.25) is 0 Å². The predicted molar refractivity (Wildman–Crippen MR) is 85.3 cm³/mol. The highest BCUT2D eigenvalue weighted by Crippen LogP contribution is 2.22. The third kappa shape index (κ3) is 4.20. The second kappa shape index (κ2) is 6.97. The molecule has 2 heterocycles. The Morgan fingerprint density at radius 1 is 1.48 bits per heavy atom. The Kier molecular flexibility index (Phi) is 4.78. The summed E-state index contributed by atoms with van der Waals surface area (Å²) in [5.41, 5.74) is 0.885. The molecule has 1 aliphatic heterocycles. The van der Waals surface area contributed by atoms with E-state index in [1.54, 1.807) is 17.1 Å². The van der Waals surface area contributed by atoms with Crippen LogP contribution in [0.5, 0.6) is 0 Å². The van der Waals surface area contributed by atoms with Gasteiger partial charge in [0.15, 0.2) is 0 Å². The molecule has 3 rings (SSSR count). The highest BCUT2D eigenvalue weighted by Gasteiger charge is 2.16. The molecule has 0 aliphatic carbocycles. The van der Waals surface area contributed by atoms with Crippen molar-refractivity contribution in [3.8, 4) is 0 Å². The molecule has 6 nitrogen and oxygen atoms in total. The summed E-state index contributed by atoms with van der Waals surface area (Å²) in [7, 11) is 0. The molecule has 1 aromatic carbocycles. The average Bonchev–Trinajstić information content (AvgIpc) is 3.15. The number of halogens is 2. The lowest BCUT2D eigenvalue weighted by Crippen LogP contribution is -2.19. The molecule has 2 amide bonds. The van der Waals surface area contributed by atoms with Crippen LogP contribution >= 0.6 is 11.6 Å². The number of benzene rings is 1. The molecule has 1 unspecified atom stereocenters. The van der Waals surface area contributed by atoms with Gasteiger partial charge in [0.1, 0.15) is 5.82 Å². The van der Waals surface area contributed by atoms with Gasteiger partial charge >= 0.3 is 6.03 Å². The minimum atomic E-state index is -0.477. The molecule has 1 aromatic heterocycles. The standard InChI is InChI=1S/C15H16ClFN4O2/c16-13-6-10(17)3-4-14(13)20-15(22)19-11-7-18-21(8-11)9-12-2-1-5-23-12/h3-4,6-8,12H,1-2,5,9H2,(H2,19,20,22). The average molecular weight is 339 g/mol. The van der Waals surface area contributed by atoms with E-state index < -0.39 is 11.8 Å². The number of carbonyl (C=O) groups excluding carboxylic acids is 1. The van der Waals surface area contributed by atoms with Crippen molar-refractivity contribution in [2.75, 3.05) is 17.2 Å². The van der Waals surface area contributed by atoms with Gasteiger partial charge in [-0.3, -0.25) is 4.68 Å². The first-order valence-electron chi connectivity index (χ1n) is 7.27. The monoisotopic (exact) mass is 338 g/mol. The normalized spacial score (nSPS) is 17.2. The highest BCUT2D eigenvalue weighted by molar-refractivity contribution is 6.33. The van der Waals surface area contributed by atoms with Crippen molar-refractivity contribution in [3.05, 3.63) is 41.4 Å². The molecule has 1 aliphatic rings. The Morgan fingerprint density at radius 3 is 3.09 bits per heavy atom. The number of carbonyl (C=O) groups is 1. The molecule has 23 heavy (non-hydrogen) atoms. The van der Waals surface area contributed by atoms with E-state index in [0.717, 1.165) is 25.5 Å². The number of hydrogen-bond acceptors (Lipinski definition) is 3. The van der Waals surface area contributed by atoms with Crippen LogP contribution < -0.4 is 10.6 Å². The zero-order chi connectivity index (χ0) is 16.2. The second-order valence-corrected chi connectivity index (χ2v) is 5.70. The van der Waals surface area contributed by atoms with Crippen LogP contribution in [0.3, 0.4) is 0 Å². The fourth-order valence-electron chi connectivity index (χ4n) is 2.40. The van der Waals surface area contributed by atoms with Crippen LogP contribution in [0, 0.1) is 5.82 Å². The van der Waals surface area contributed by atoms with Gasteiger partial charge in [-0.2, -0.15) is 5.10 Å². The van der Waals surface area contributed by atoms with Crippen molar-refractivity contribution in [1.82, 2.24) is 9.78 Å². The van der Waals surface area contributed by atoms with Crippen LogP contribution in [0.25, 0.3) is 0 Å². The quantitative estimate of drug-likeness (QED) is 0.896. The Morgan fingerprint density at radius 2 is 2.35 bits per heavy atom. The van der Waals surface area contributed by atoms with Crippen molar-refractivity contribution in [2.24, 2.45) is 0 Å². The van der Waals surface area contributed by atoms with Crippen molar-refractivity contribution in [3.63, 3.8) is 0 Å². The number of amides is 2. The third-order valence-corrected chi connectivity index (χ3v) is 3.80. The Labute approximate surface area is 137 Å². The van der Waals surface area contributed by atoms with E-state index in [4.69, 9.17) is 16.3 Å². The zero-order valence-electron chi connectivity index (χ0n) is 12.3. The summed E-state index contributed by atoms with van der Waals surface area (Å²) in [6.45, 7) is 1.45. The summed E-state index contributed by atoms with van der Waals surface area (Å²) < 4.78 is 20.2. The van der Waals surface area contributed by atoms with Crippen molar-refractivity contribution >= 4 is 29.0 Å². The van der Waals surface area contributed by atoms with Crippen molar-refractivity contribution < 1.29 is 13.9 Å². The van der Waals surface area contributed by atoms with Gasteiger partial charge in [-0.1, -0.05) is 11.6 Å². The summed E-state index contributed by atoms with van der Waals surface area (Å²) in [5.74, 6) is -0.462. The summed E-state index contributed by atoms with van der Waals surface area (Å²) in [6, 6.07) is 3.28. The topological polar surface area (TPSA) is 68.2 Å². The number of nitrogens with one attached hydrogen (secondary N) is 2. The fourth-order valence-corrected chi connectivity index (χ4v) is 2.61. The number of aromatic nitrogens is 2. The van der Waals surface area contributed by atoms with Crippen LogP contribution in [-0.4, -0.2) is 28.5 Å². The van der Waals surface area contributed by atoms with E-state index in [1.807, 2.05) is 0 Å². The molecule has 2 aromatic rings. The summed E-state index contributed by atoms with van der Waals surface area (Å²) in [5, 5.41) is 9.53. The Hall–Kier alpha value is -2.12. The summed E-state index contributed by atoms with van der Waals surface area (Å²) in [4.78, 5) is 11.9. The molecule has 0 saturated carbocycles. The predicted octanol–water partition coefficient (Wildman–Crippen LogP) is 3.50. The molecule has 1 atom stereocenters. The number of rotatable bonds is 4. The van der Waals surface area contributed by atoms with Crippen molar-refractivity contribution in [2.45, 2.75) is 25.5 Å². The molecule has 122 valence electrons.